The van der Waals surface area contributed by atoms with Crippen molar-refractivity contribution in [2.45, 2.75) is 225 Å². The van der Waals surface area contributed by atoms with Crippen molar-refractivity contribution in [3.05, 3.63) is 116 Å². The lowest BCUT2D eigenvalue weighted by Gasteiger charge is -2.46. The first-order valence-electron chi connectivity index (χ1n) is 62.5. The van der Waals surface area contributed by atoms with E-state index >= 15 is 0 Å². The van der Waals surface area contributed by atoms with Crippen LogP contribution in [-0.2, 0) is 32.1 Å². The molecule has 10 aliphatic heterocycles. The summed E-state index contributed by atoms with van der Waals surface area (Å²) in [6.45, 7) is -2.75. The molecule has 0 amide bonds. The van der Waals surface area contributed by atoms with E-state index in [0.717, 1.165) is 40.2 Å². The van der Waals surface area contributed by atoms with Crippen LogP contribution in [0.2, 0.25) is 0 Å². The van der Waals surface area contributed by atoms with E-state index in [0.29, 0.717) is 77.1 Å². The number of hydrogen-bond donors (Lipinski definition) is 5. The second-order valence-corrected chi connectivity index (χ2v) is 29.7. The summed E-state index contributed by atoms with van der Waals surface area (Å²) in [4.78, 5) is 6.33. The molecule has 0 saturated carbocycles. The van der Waals surface area contributed by atoms with Gasteiger partial charge in [-0.15, -0.1) is 0 Å². The molecule has 5 N–H and O–H groups in total. The van der Waals surface area contributed by atoms with Gasteiger partial charge in [0.25, 0.3) is 0 Å². The number of rotatable bonds is 20. The van der Waals surface area contributed by atoms with E-state index in [2.05, 4.69) is 0 Å². The molecule has 115 heavy (non-hydrogen) atoms. The first-order chi connectivity index (χ1) is 73.6. The van der Waals surface area contributed by atoms with E-state index in [1.165, 1.54) is 92.1 Å². The summed E-state index contributed by atoms with van der Waals surface area (Å²) in [5, 5.41) is 55.8. The van der Waals surface area contributed by atoms with Crippen molar-refractivity contribution in [1.29, 1.82) is 0 Å². The van der Waals surface area contributed by atoms with Gasteiger partial charge >= 0.3 is 0 Å². The Morgan fingerprint density at radius 2 is 0.522 bits per heavy atom. The Kier molecular flexibility index (Phi) is 15.8. The molecule has 0 bridgehead atoms. The average Bonchev–Trinajstić information content (AvgIpc) is 0.656. The standard InChI is InChI=1S/5C19H29NO3/c5*1-12(2)7-14-11-20-6-5-13-8-18(22-3)19(23-4)9-15(13)16(20)10-17(14)21/h5*8-9,12,14,16-17,21H,5-7,10-11H2,1-4H3/i1D3,4D3,7D2,10D2,12D,14D,16D,17D;2*1D3,7D2,10D2,12D,14D,16D,17D;4D3,10D2,14D,16D,17D;10D2,14D,16D,17D. The number of ether oxygens (including phenoxy) is 10. The zero-order valence-corrected chi connectivity index (χ0v) is 68.0. The summed E-state index contributed by atoms with van der Waals surface area (Å²) >= 11 is 0. The molecular formula is C95H145N5O15. The van der Waals surface area contributed by atoms with Gasteiger partial charge in [-0.3, -0.25) is 24.5 Å². The van der Waals surface area contributed by atoms with E-state index in [1.807, 2.05) is 27.7 Å². The highest BCUT2D eigenvalue weighted by Crippen LogP contribution is 2.50. The van der Waals surface area contributed by atoms with Gasteiger partial charge in [-0.05, 0) is 271 Å². The lowest BCUT2D eigenvalue weighted by molar-refractivity contribution is -0.0192. The normalized spacial score (nSPS) is 48.0. The molecule has 18 unspecified atom stereocenters. The largest absolute Gasteiger partial charge is 0.493 e. The molecule has 5 aromatic rings. The molecule has 10 aliphatic rings. The van der Waals surface area contributed by atoms with Crippen LogP contribution >= 0.6 is 0 Å². The van der Waals surface area contributed by atoms with Crippen molar-refractivity contribution in [2.75, 3.05) is 136 Å². The number of aliphatic hydroxyl groups is 5. The Morgan fingerprint density at radius 3 is 0.713 bits per heavy atom. The van der Waals surface area contributed by atoms with Gasteiger partial charge in [0.15, 0.2) is 57.5 Å². The zero-order chi connectivity index (χ0) is 126. The third kappa shape index (κ3) is 21.1. The van der Waals surface area contributed by atoms with Crippen LogP contribution < -0.4 is 47.4 Å². The van der Waals surface area contributed by atoms with Crippen LogP contribution in [-0.4, -0.2) is 217 Å². The van der Waals surface area contributed by atoms with Crippen molar-refractivity contribution < 1.29 is 140 Å². The number of methoxy groups -OCH3 is 10. The van der Waals surface area contributed by atoms with Gasteiger partial charge in [0.2, 0.25) is 0 Å². The molecule has 5 saturated heterocycles. The highest BCUT2D eigenvalue weighted by molar-refractivity contribution is 5.54. The molecule has 0 spiro atoms. The minimum Gasteiger partial charge on any atom is -0.493 e. The van der Waals surface area contributed by atoms with Crippen molar-refractivity contribution in [3.8, 4) is 57.5 Å². The summed E-state index contributed by atoms with van der Waals surface area (Å²) in [5.41, 5.74) is 2.94. The molecule has 18 atom stereocenters. The highest BCUT2D eigenvalue weighted by atomic mass is 16.5. The van der Waals surface area contributed by atoms with Crippen molar-refractivity contribution in [2.24, 2.45) is 59.0 Å². The maximum absolute atomic E-state index is 11.3. The minimum absolute atomic E-state index is 0.00448. The topological polar surface area (TPSA) is 210 Å². The third-order valence-corrected chi connectivity index (χ3v) is 20.8. The van der Waals surface area contributed by atoms with E-state index in [9.17, 15) is 31.0 Å². The third-order valence-electron chi connectivity index (χ3n) is 20.8. The molecule has 0 aliphatic carbocycles. The quantitative estimate of drug-likeness (QED) is 0.0491. The van der Waals surface area contributed by atoms with E-state index in [-0.39, 0.29) is 140 Å². The van der Waals surface area contributed by atoms with Gasteiger partial charge in [-0.2, -0.15) is 0 Å². The zero-order valence-electron chi connectivity index (χ0n) is 117. The molecule has 640 valence electrons. The summed E-state index contributed by atoms with van der Waals surface area (Å²) in [6, 6.07) is 2.54. The summed E-state index contributed by atoms with van der Waals surface area (Å²) < 4.78 is 461. The van der Waals surface area contributed by atoms with Gasteiger partial charge in [0, 0.05) is 141 Å². The predicted molar refractivity (Wildman–Crippen MR) is 456 cm³/mol. The first-order valence-corrected chi connectivity index (χ1v) is 38.0. The molecule has 0 aromatic heterocycles. The molecule has 0 radical (unpaired) electrons. The molecule has 5 fully saturated rings. The Balaban J connectivity index is 0.000000193. The van der Waals surface area contributed by atoms with E-state index < -0.39 is 213 Å². The lowest BCUT2D eigenvalue weighted by atomic mass is 9.79. The van der Waals surface area contributed by atoms with Gasteiger partial charge in [0.05, 0.1) is 123 Å². The summed E-state index contributed by atoms with van der Waals surface area (Å²) in [5.74, 6) is -20.7. The molecule has 20 nitrogen and oxygen atoms in total. The Bertz CT molecular complexity index is 6240. The van der Waals surface area contributed by atoms with Gasteiger partial charge < -0.3 is 72.9 Å². The summed E-state index contributed by atoms with van der Waals surface area (Å²) in [6.07, 6.45) is -40.8. The second kappa shape index (κ2) is 40.6. The van der Waals surface area contributed by atoms with E-state index in [4.69, 9.17) is 109 Å². The van der Waals surface area contributed by atoms with Gasteiger partial charge in [0.1, 0.15) is 0 Å². The second-order valence-electron chi connectivity index (χ2n) is 29.7. The highest BCUT2D eigenvalue weighted by Gasteiger charge is 2.45. The van der Waals surface area contributed by atoms with Crippen LogP contribution in [0.5, 0.6) is 57.5 Å². The lowest BCUT2D eigenvalue weighted by Crippen LogP contribution is -2.48. The smallest absolute Gasteiger partial charge is 0.161 e. The predicted octanol–water partition coefficient (Wildman–Crippen LogP) is 15.1. The number of fused-ring (bicyclic) bond motifs is 15. The fourth-order valence-corrected chi connectivity index (χ4v) is 15.4. The number of nitrogens with zero attached hydrogens (tertiary/aromatic N) is 5. The van der Waals surface area contributed by atoms with Crippen molar-refractivity contribution in [1.82, 2.24) is 24.5 Å². The van der Waals surface area contributed by atoms with Crippen LogP contribution in [0.25, 0.3) is 0 Å². The fourth-order valence-electron chi connectivity index (χ4n) is 15.4. The fraction of sp³-hybridized carbons (Fsp3) is 0.684. The number of piperidine rings is 5. The van der Waals surface area contributed by atoms with Crippen molar-refractivity contribution >= 4 is 0 Å². The van der Waals surface area contributed by atoms with Crippen molar-refractivity contribution in [3.63, 3.8) is 0 Å². The van der Waals surface area contributed by atoms with Gasteiger partial charge in [-0.1, -0.05) is 69.0 Å². The molecule has 10 heterocycles. The maximum atomic E-state index is 11.3. The Hall–Kier alpha value is -6.30. The van der Waals surface area contributed by atoms with Crippen LogP contribution in [0.3, 0.4) is 0 Å². The molecular weight excluding hydrogens is 1450 g/mol. The van der Waals surface area contributed by atoms with Crippen LogP contribution in [0.1, 0.15) is 286 Å². The maximum Gasteiger partial charge on any atom is 0.161 e. The first kappa shape index (κ1) is 44.8. The van der Waals surface area contributed by atoms with Gasteiger partial charge in [-0.25, -0.2) is 0 Å². The van der Waals surface area contributed by atoms with E-state index in [1.54, 1.807) is 29.2 Å². The summed E-state index contributed by atoms with van der Waals surface area (Å²) in [7, 11) is 5.39. The Labute approximate surface area is 758 Å². The molecule has 15 rings (SSSR count). The van der Waals surface area contributed by atoms with Crippen LogP contribution in [0.15, 0.2) is 60.7 Å². The molecule has 20 heteroatoms. The Morgan fingerprint density at radius 1 is 0.330 bits per heavy atom. The van der Waals surface area contributed by atoms with Crippen LogP contribution in [0, 0.1) is 59.0 Å². The SMILES string of the molecule is [2H]C([2H])([2H])C([2H])(C)C([2H])([2H])C1([2H])CN2CCc3cc(OC)c(OC)cc3C2([2H])C([2H])([2H])C1([2H])O.[2H]C([2H])([2H])C([2H])(C)C([2H])([2H])C1([2H])CN2CCc3cc(OC)c(OC)cc3C2([2H])C([2H])([2H])C1([2H])O.[2H]C([2H])([2H])Oc1cc2c(cc1OC)CCN1CC([2H])(C([2H])([2H])C([2H])(C)C([2H])([2H])[2H])C([2H])(O)C([2H])([2H])C21[2H].[2H]C([2H])([2H])Oc1cc2c(cc1OC)CCN1CC([2H])(CC(C)C)C([2H])(O)C([2H])([2H])C21[2H].[2H]C1(CC(C)C)CN2CCc3cc(OC)c(OC)cc3C2([2H])C([2H])([2H])C1([2H])O. The average molecular weight is 1650 g/mol. The monoisotopic (exact) mass is 1650 g/mol. The van der Waals surface area contributed by atoms with Crippen LogP contribution in [0.4, 0.5) is 0 Å². The number of hydrogen-bond acceptors (Lipinski definition) is 20. The minimum atomic E-state index is -3.76. The molecule has 5 aromatic carbocycles. The number of benzene rings is 5.